The van der Waals surface area contributed by atoms with Crippen molar-refractivity contribution in [2.75, 3.05) is 6.61 Å². The van der Waals surface area contributed by atoms with Gasteiger partial charge in [0.1, 0.15) is 5.75 Å². The molecular weight excluding hydrogens is 172 g/mol. The fourth-order valence-corrected chi connectivity index (χ4v) is 1.72. The van der Waals surface area contributed by atoms with Crippen LogP contribution in [0.15, 0.2) is 12.1 Å². The van der Waals surface area contributed by atoms with Crippen molar-refractivity contribution < 1.29 is 4.74 Å². The Hall–Kier alpha value is -0.690. The summed E-state index contributed by atoms with van der Waals surface area (Å²) in [6, 6.07) is 4.16. The van der Waals surface area contributed by atoms with Crippen molar-refractivity contribution in [2.24, 2.45) is 0 Å². The number of rotatable bonds is 0. The summed E-state index contributed by atoms with van der Waals surface area (Å²) in [7, 11) is 0. The molecule has 2 heteroatoms. The average Bonchev–Trinajstić information content (AvgIpc) is 2.12. The molecule has 1 aromatic carbocycles. The zero-order chi connectivity index (χ0) is 8.55. The van der Waals surface area contributed by atoms with E-state index in [0.29, 0.717) is 0 Å². The van der Waals surface area contributed by atoms with Crippen LogP contribution in [-0.4, -0.2) is 6.61 Å². The summed E-state index contributed by atoms with van der Waals surface area (Å²) in [5.74, 6) is 0.905. The highest BCUT2D eigenvalue weighted by Crippen LogP contribution is 2.34. The van der Waals surface area contributed by atoms with Gasteiger partial charge in [-0.15, -0.1) is 0 Å². The van der Waals surface area contributed by atoms with Gasteiger partial charge in [-0.1, -0.05) is 23.7 Å². The van der Waals surface area contributed by atoms with E-state index >= 15 is 0 Å². The molecule has 0 amide bonds. The summed E-state index contributed by atoms with van der Waals surface area (Å²) in [4.78, 5) is 0. The van der Waals surface area contributed by atoms with Crippen molar-refractivity contribution in [2.45, 2.75) is 19.8 Å². The molecule has 0 saturated heterocycles. The zero-order valence-electron chi connectivity index (χ0n) is 7.06. The molecule has 0 aliphatic carbocycles. The lowest BCUT2D eigenvalue weighted by Crippen LogP contribution is -2.08. The van der Waals surface area contributed by atoms with Gasteiger partial charge in [-0.25, -0.2) is 0 Å². The largest absolute Gasteiger partial charge is 0.492 e. The van der Waals surface area contributed by atoms with Crippen LogP contribution in [0, 0.1) is 6.92 Å². The first-order chi connectivity index (χ1) is 5.79. The third kappa shape index (κ3) is 1.18. The normalized spacial score (nSPS) is 15.2. The number of aryl methyl sites for hydroxylation is 2. The lowest BCUT2D eigenvalue weighted by Gasteiger charge is -2.18. The molecule has 1 nitrogen and oxygen atoms in total. The molecule has 1 heterocycles. The van der Waals surface area contributed by atoms with E-state index in [2.05, 4.69) is 12.1 Å². The lowest BCUT2D eigenvalue weighted by molar-refractivity contribution is 0.288. The van der Waals surface area contributed by atoms with Crippen molar-refractivity contribution in [3.8, 4) is 5.75 Å². The van der Waals surface area contributed by atoms with Gasteiger partial charge in [0, 0.05) is 0 Å². The van der Waals surface area contributed by atoms with E-state index in [1.165, 1.54) is 5.56 Å². The van der Waals surface area contributed by atoms with Gasteiger partial charge in [0.05, 0.1) is 11.6 Å². The molecule has 0 fully saturated rings. The summed E-state index contributed by atoms with van der Waals surface area (Å²) in [6.45, 7) is 2.80. The van der Waals surface area contributed by atoms with Crippen LogP contribution in [0.25, 0.3) is 0 Å². The van der Waals surface area contributed by atoms with Gasteiger partial charge in [0.2, 0.25) is 0 Å². The summed E-state index contributed by atoms with van der Waals surface area (Å²) in [6.07, 6.45) is 2.20. The fourth-order valence-electron chi connectivity index (χ4n) is 1.48. The maximum atomic E-state index is 6.09. The molecule has 64 valence electrons. The minimum Gasteiger partial charge on any atom is -0.492 e. The van der Waals surface area contributed by atoms with Crippen LogP contribution in [0.2, 0.25) is 5.02 Å². The van der Waals surface area contributed by atoms with Crippen LogP contribution >= 0.6 is 11.6 Å². The number of halogens is 1. The molecule has 0 bridgehead atoms. The molecular formula is C10H11ClO. The minimum atomic E-state index is 0.784. The van der Waals surface area contributed by atoms with E-state index in [1.54, 1.807) is 0 Å². The zero-order valence-corrected chi connectivity index (χ0v) is 7.82. The Morgan fingerprint density at radius 1 is 1.42 bits per heavy atom. The van der Waals surface area contributed by atoms with E-state index in [1.807, 2.05) is 6.92 Å². The molecule has 0 radical (unpaired) electrons. The Balaban J connectivity index is 2.54. The SMILES string of the molecule is Cc1ccc2c(c1Cl)OCCC2. The van der Waals surface area contributed by atoms with E-state index in [0.717, 1.165) is 35.8 Å². The second-order valence-corrected chi connectivity index (χ2v) is 3.51. The summed E-state index contributed by atoms with van der Waals surface area (Å²) < 4.78 is 5.50. The quantitative estimate of drug-likeness (QED) is 0.600. The first-order valence-corrected chi connectivity index (χ1v) is 4.57. The summed E-state index contributed by atoms with van der Waals surface area (Å²) in [5, 5.41) is 0.784. The Morgan fingerprint density at radius 3 is 3.08 bits per heavy atom. The third-order valence-electron chi connectivity index (χ3n) is 2.21. The summed E-state index contributed by atoms with van der Waals surface area (Å²) in [5.41, 5.74) is 2.34. The maximum absolute atomic E-state index is 6.09. The molecule has 0 unspecified atom stereocenters. The standard InChI is InChI=1S/C10H11ClO/c1-7-4-5-8-3-2-6-12-10(8)9(7)11/h4-5H,2-3,6H2,1H3. The fraction of sp³-hybridized carbons (Fsp3) is 0.400. The molecule has 0 saturated carbocycles. The topological polar surface area (TPSA) is 9.23 Å². The van der Waals surface area contributed by atoms with Gasteiger partial charge in [0.15, 0.2) is 0 Å². The Morgan fingerprint density at radius 2 is 2.25 bits per heavy atom. The second kappa shape index (κ2) is 2.98. The third-order valence-corrected chi connectivity index (χ3v) is 2.68. The molecule has 0 atom stereocenters. The smallest absolute Gasteiger partial charge is 0.141 e. The molecule has 12 heavy (non-hydrogen) atoms. The Kier molecular flexibility index (Phi) is 1.97. The first kappa shape index (κ1) is 7.93. The van der Waals surface area contributed by atoms with Crippen LogP contribution in [-0.2, 0) is 6.42 Å². The predicted molar refractivity (Wildman–Crippen MR) is 50.0 cm³/mol. The van der Waals surface area contributed by atoms with Crippen LogP contribution < -0.4 is 4.74 Å². The highest BCUT2D eigenvalue weighted by Gasteiger charge is 2.14. The lowest BCUT2D eigenvalue weighted by atomic mass is 10.0. The van der Waals surface area contributed by atoms with Crippen molar-refractivity contribution in [3.05, 3.63) is 28.3 Å². The number of hydrogen-bond donors (Lipinski definition) is 0. The number of hydrogen-bond acceptors (Lipinski definition) is 1. The molecule has 0 N–H and O–H groups in total. The molecule has 0 aromatic heterocycles. The van der Waals surface area contributed by atoms with Crippen molar-refractivity contribution >= 4 is 11.6 Å². The number of ether oxygens (including phenoxy) is 1. The number of benzene rings is 1. The molecule has 1 aliphatic rings. The highest BCUT2D eigenvalue weighted by molar-refractivity contribution is 6.32. The average molecular weight is 183 g/mol. The van der Waals surface area contributed by atoms with E-state index < -0.39 is 0 Å². The first-order valence-electron chi connectivity index (χ1n) is 4.20. The van der Waals surface area contributed by atoms with E-state index in [4.69, 9.17) is 16.3 Å². The molecule has 0 spiro atoms. The van der Waals surface area contributed by atoms with Gasteiger partial charge in [-0.05, 0) is 30.9 Å². The predicted octanol–water partition coefficient (Wildman–Crippen LogP) is 2.97. The van der Waals surface area contributed by atoms with Crippen molar-refractivity contribution in [3.63, 3.8) is 0 Å². The highest BCUT2D eigenvalue weighted by atomic mass is 35.5. The van der Waals surface area contributed by atoms with Gasteiger partial charge >= 0.3 is 0 Å². The maximum Gasteiger partial charge on any atom is 0.141 e. The molecule has 2 rings (SSSR count). The van der Waals surface area contributed by atoms with Crippen molar-refractivity contribution in [1.82, 2.24) is 0 Å². The second-order valence-electron chi connectivity index (χ2n) is 3.14. The number of fused-ring (bicyclic) bond motifs is 1. The van der Waals surface area contributed by atoms with Crippen LogP contribution in [0.3, 0.4) is 0 Å². The van der Waals surface area contributed by atoms with Crippen LogP contribution in [0.4, 0.5) is 0 Å². The van der Waals surface area contributed by atoms with Gasteiger partial charge in [-0.2, -0.15) is 0 Å². The Bertz CT molecular complexity index is 307. The molecule has 1 aromatic rings. The van der Waals surface area contributed by atoms with Crippen molar-refractivity contribution in [1.29, 1.82) is 0 Å². The van der Waals surface area contributed by atoms with Gasteiger partial charge in [-0.3, -0.25) is 0 Å². The Labute approximate surface area is 77.3 Å². The summed E-state index contributed by atoms with van der Waals surface area (Å²) >= 11 is 6.09. The van der Waals surface area contributed by atoms with Crippen LogP contribution in [0.1, 0.15) is 17.5 Å². The van der Waals surface area contributed by atoms with Gasteiger partial charge in [0.25, 0.3) is 0 Å². The van der Waals surface area contributed by atoms with Gasteiger partial charge < -0.3 is 4.74 Å². The molecule has 1 aliphatic heterocycles. The van der Waals surface area contributed by atoms with Crippen LogP contribution in [0.5, 0.6) is 5.75 Å². The van der Waals surface area contributed by atoms with E-state index in [-0.39, 0.29) is 0 Å². The van der Waals surface area contributed by atoms with E-state index in [9.17, 15) is 0 Å². The monoisotopic (exact) mass is 182 g/mol. The minimum absolute atomic E-state index is 0.784.